The van der Waals surface area contributed by atoms with Crippen LogP contribution in [0.4, 0.5) is 0 Å². The maximum Gasteiger partial charge on any atom is 0.221 e. The average molecular weight is 246 g/mol. The van der Waals surface area contributed by atoms with Gasteiger partial charge in [-0.05, 0) is 32.1 Å². The summed E-state index contributed by atoms with van der Waals surface area (Å²) in [6.45, 7) is 4.33. The van der Waals surface area contributed by atoms with Crippen LogP contribution in [0.5, 0.6) is 11.8 Å². The van der Waals surface area contributed by atoms with Crippen molar-refractivity contribution in [3.63, 3.8) is 0 Å². The van der Waals surface area contributed by atoms with Gasteiger partial charge >= 0.3 is 0 Å². The molecule has 2 atom stereocenters. The molecule has 1 heterocycles. The predicted molar refractivity (Wildman–Crippen MR) is 68.4 cm³/mol. The first-order valence-electron chi connectivity index (χ1n) is 6.30. The maximum atomic E-state index is 5.87. The van der Waals surface area contributed by atoms with Crippen molar-refractivity contribution in [3.8, 4) is 23.6 Å². The lowest BCUT2D eigenvalue weighted by Gasteiger charge is -2.16. The quantitative estimate of drug-likeness (QED) is 0.765. The van der Waals surface area contributed by atoms with Crippen molar-refractivity contribution < 1.29 is 9.47 Å². The van der Waals surface area contributed by atoms with E-state index in [2.05, 4.69) is 28.7 Å². The van der Waals surface area contributed by atoms with Crippen LogP contribution in [0.15, 0.2) is 12.4 Å². The first kappa shape index (κ1) is 12.7. The fraction of sp³-hybridized carbons (Fsp3) is 0.571. The molecule has 4 heteroatoms. The van der Waals surface area contributed by atoms with Gasteiger partial charge in [0.2, 0.25) is 11.8 Å². The van der Waals surface area contributed by atoms with Gasteiger partial charge in [0.25, 0.3) is 0 Å². The number of hydrogen-bond acceptors (Lipinski definition) is 4. The van der Waals surface area contributed by atoms with Gasteiger partial charge in [0.1, 0.15) is 12.4 Å². The molecule has 1 saturated carbocycles. The third-order valence-corrected chi connectivity index (χ3v) is 3.14. The van der Waals surface area contributed by atoms with Crippen molar-refractivity contribution in [1.29, 1.82) is 0 Å². The first-order valence-corrected chi connectivity index (χ1v) is 6.30. The largest absolute Gasteiger partial charge is 0.474 e. The molecule has 2 rings (SSSR count). The summed E-state index contributed by atoms with van der Waals surface area (Å²) < 4.78 is 11.2. The van der Waals surface area contributed by atoms with Crippen LogP contribution in [-0.2, 0) is 0 Å². The van der Waals surface area contributed by atoms with E-state index in [9.17, 15) is 0 Å². The molecule has 0 unspecified atom stereocenters. The highest BCUT2D eigenvalue weighted by atomic mass is 16.5. The van der Waals surface area contributed by atoms with Gasteiger partial charge in [-0.2, -0.15) is 0 Å². The summed E-state index contributed by atoms with van der Waals surface area (Å²) in [4.78, 5) is 8.14. The SMILES string of the molecule is CC#CCOc1cc(O[C@@H]2CCC[C@H]2C)ncn1. The fourth-order valence-corrected chi connectivity index (χ4v) is 2.09. The van der Waals surface area contributed by atoms with E-state index in [4.69, 9.17) is 9.47 Å². The second kappa shape index (κ2) is 6.25. The molecule has 96 valence electrons. The van der Waals surface area contributed by atoms with Crippen LogP contribution in [-0.4, -0.2) is 22.7 Å². The van der Waals surface area contributed by atoms with E-state index in [0.717, 1.165) is 6.42 Å². The summed E-state index contributed by atoms with van der Waals surface area (Å²) in [6, 6.07) is 1.72. The zero-order valence-corrected chi connectivity index (χ0v) is 10.8. The Morgan fingerprint density at radius 2 is 2.17 bits per heavy atom. The molecule has 1 aliphatic carbocycles. The number of aromatic nitrogens is 2. The fourth-order valence-electron chi connectivity index (χ4n) is 2.09. The van der Waals surface area contributed by atoms with Crippen LogP contribution >= 0.6 is 0 Å². The normalized spacial score (nSPS) is 22.1. The van der Waals surface area contributed by atoms with Crippen molar-refractivity contribution in [2.45, 2.75) is 39.2 Å². The molecule has 0 saturated heterocycles. The van der Waals surface area contributed by atoms with Crippen LogP contribution in [0.1, 0.15) is 33.1 Å². The van der Waals surface area contributed by atoms with E-state index in [0.29, 0.717) is 24.3 Å². The molecule has 0 N–H and O–H groups in total. The Hall–Kier alpha value is -1.76. The minimum atomic E-state index is 0.267. The average Bonchev–Trinajstić information content (AvgIpc) is 2.76. The Bertz CT molecular complexity index is 451. The molecule has 0 amide bonds. The summed E-state index contributed by atoms with van der Waals surface area (Å²) in [5.74, 6) is 7.28. The standard InChI is InChI=1S/C14H18N2O2/c1-3-4-8-17-13-9-14(16-10-15-13)18-12-7-5-6-11(12)2/h9-12H,5-8H2,1-2H3/t11-,12-/m1/s1. The number of ether oxygens (including phenoxy) is 2. The van der Waals surface area contributed by atoms with Crippen LogP contribution in [0.2, 0.25) is 0 Å². The van der Waals surface area contributed by atoms with Gasteiger partial charge in [0.15, 0.2) is 6.61 Å². The second-order valence-corrected chi connectivity index (χ2v) is 4.47. The van der Waals surface area contributed by atoms with E-state index >= 15 is 0 Å². The third-order valence-electron chi connectivity index (χ3n) is 3.14. The second-order valence-electron chi connectivity index (χ2n) is 4.47. The lowest BCUT2D eigenvalue weighted by atomic mass is 10.1. The first-order chi connectivity index (χ1) is 8.79. The van der Waals surface area contributed by atoms with Gasteiger partial charge in [-0.1, -0.05) is 12.8 Å². The minimum absolute atomic E-state index is 0.267. The van der Waals surface area contributed by atoms with Gasteiger partial charge in [-0.3, -0.25) is 0 Å². The maximum absolute atomic E-state index is 5.87. The highest BCUT2D eigenvalue weighted by molar-refractivity contribution is 5.19. The van der Waals surface area contributed by atoms with Crippen LogP contribution in [0.25, 0.3) is 0 Å². The summed E-state index contributed by atoms with van der Waals surface area (Å²) in [6.07, 6.45) is 5.28. The van der Waals surface area contributed by atoms with E-state index in [1.165, 1.54) is 19.2 Å². The molecule has 0 bridgehead atoms. The number of nitrogens with zero attached hydrogens (tertiary/aromatic N) is 2. The molecule has 1 aliphatic rings. The van der Waals surface area contributed by atoms with Gasteiger partial charge in [0.05, 0.1) is 6.07 Å². The lowest BCUT2D eigenvalue weighted by molar-refractivity contribution is 0.159. The summed E-state index contributed by atoms with van der Waals surface area (Å²) in [5, 5.41) is 0. The topological polar surface area (TPSA) is 44.2 Å². The van der Waals surface area contributed by atoms with Gasteiger partial charge < -0.3 is 9.47 Å². The van der Waals surface area contributed by atoms with Crippen molar-refractivity contribution in [2.75, 3.05) is 6.61 Å². The zero-order chi connectivity index (χ0) is 12.8. The molecule has 0 radical (unpaired) electrons. The van der Waals surface area contributed by atoms with E-state index < -0.39 is 0 Å². The molecular weight excluding hydrogens is 228 g/mol. The smallest absolute Gasteiger partial charge is 0.221 e. The van der Waals surface area contributed by atoms with Crippen molar-refractivity contribution in [2.24, 2.45) is 5.92 Å². The van der Waals surface area contributed by atoms with Crippen LogP contribution < -0.4 is 9.47 Å². The van der Waals surface area contributed by atoms with E-state index in [1.807, 2.05) is 0 Å². The van der Waals surface area contributed by atoms with Crippen LogP contribution in [0.3, 0.4) is 0 Å². The Kier molecular flexibility index (Phi) is 4.40. The highest BCUT2D eigenvalue weighted by Gasteiger charge is 2.25. The molecule has 1 fully saturated rings. The zero-order valence-electron chi connectivity index (χ0n) is 10.8. The van der Waals surface area contributed by atoms with Crippen molar-refractivity contribution in [1.82, 2.24) is 9.97 Å². The molecule has 0 aromatic carbocycles. The summed E-state index contributed by atoms with van der Waals surface area (Å²) in [5.41, 5.74) is 0. The number of rotatable bonds is 4. The lowest BCUT2D eigenvalue weighted by Crippen LogP contribution is -2.19. The molecule has 1 aromatic rings. The molecule has 18 heavy (non-hydrogen) atoms. The van der Waals surface area contributed by atoms with Crippen molar-refractivity contribution in [3.05, 3.63) is 12.4 Å². The Balaban J connectivity index is 1.95. The Morgan fingerprint density at radius 3 is 2.89 bits per heavy atom. The third kappa shape index (κ3) is 3.36. The molecule has 1 aromatic heterocycles. The molecule has 0 aliphatic heterocycles. The van der Waals surface area contributed by atoms with Gasteiger partial charge in [-0.15, -0.1) is 5.92 Å². The summed E-state index contributed by atoms with van der Waals surface area (Å²) in [7, 11) is 0. The number of hydrogen-bond donors (Lipinski definition) is 0. The van der Waals surface area contributed by atoms with E-state index in [-0.39, 0.29) is 6.10 Å². The Morgan fingerprint density at radius 1 is 1.33 bits per heavy atom. The molecular formula is C14H18N2O2. The van der Waals surface area contributed by atoms with Crippen molar-refractivity contribution >= 4 is 0 Å². The predicted octanol–water partition coefficient (Wildman–Crippen LogP) is 2.45. The molecule has 0 spiro atoms. The minimum Gasteiger partial charge on any atom is -0.474 e. The van der Waals surface area contributed by atoms with E-state index in [1.54, 1.807) is 13.0 Å². The highest BCUT2D eigenvalue weighted by Crippen LogP contribution is 2.29. The Labute approximate surface area is 108 Å². The summed E-state index contributed by atoms with van der Waals surface area (Å²) >= 11 is 0. The molecule has 4 nitrogen and oxygen atoms in total. The van der Waals surface area contributed by atoms with Gasteiger partial charge in [-0.25, -0.2) is 9.97 Å². The monoisotopic (exact) mass is 246 g/mol. The van der Waals surface area contributed by atoms with Gasteiger partial charge in [0, 0.05) is 0 Å². The van der Waals surface area contributed by atoms with Crippen LogP contribution in [0, 0.1) is 17.8 Å².